The van der Waals surface area contributed by atoms with Gasteiger partial charge in [-0.3, -0.25) is 10.1 Å². The Morgan fingerprint density at radius 3 is 2.73 bits per heavy atom. The van der Waals surface area contributed by atoms with Crippen molar-refractivity contribution in [3.05, 3.63) is 52.3 Å². The smallest absolute Gasteiger partial charge is 0.270 e. The Morgan fingerprint density at radius 2 is 2.13 bits per heavy atom. The highest BCUT2D eigenvalue weighted by Gasteiger charge is 2.09. The van der Waals surface area contributed by atoms with E-state index in [0.717, 1.165) is 16.7 Å². The summed E-state index contributed by atoms with van der Waals surface area (Å²) >= 11 is 0. The third kappa shape index (κ3) is 1.74. The summed E-state index contributed by atoms with van der Waals surface area (Å²) in [7, 11) is 0. The summed E-state index contributed by atoms with van der Waals surface area (Å²) in [6, 6.07) is 6.77. The van der Waals surface area contributed by atoms with Crippen molar-refractivity contribution in [2.24, 2.45) is 0 Å². The molecule has 0 unspecified atom stereocenters. The molecule has 0 aliphatic rings. The molecule has 1 N–H and O–H groups in total. The molecule has 0 bridgehead atoms. The van der Waals surface area contributed by atoms with Gasteiger partial charge in [0.2, 0.25) is 0 Å². The van der Waals surface area contributed by atoms with E-state index in [1.807, 2.05) is 19.2 Å². The van der Waals surface area contributed by atoms with Crippen LogP contribution in [-0.2, 0) is 0 Å². The topological polar surface area (TPSA) is 58.9 Å². The fourth-order valence-corrected chi connectivity index (χ4v) is 1.53. The Balaban J connectivity index is 2.55. The molecule has 0 saturated carbocycles. The number of benzene rings is 1. The molecule has 0 saturated heterocycles. The SMILES string of the molecule is Cc1ccc([N+](=O)[O-])cc1-c1cc[nH]c1. The Kier molecular flexibility index (Phi) is 2.25. The van der Waals surface area contributed by atoms with E-state index in [9.17, 15) is 10.1 Å². The van der Waals surface area contributed by atoms with Gasteiger partial charge in [-0.15, -0.1) is 0 Å². The van der Waals surface area contributed by atoms with Gasteiger partial charge < -0.3 is 4.98 Å². The maximum absolute atomic E-state index is 10.6. The number of aromatic nitrogens is 1. The minimum atomic E-state index is -0.379. The maximum atomic E-state index is 10.6. The summed E-state index contributed by atoms with van der Waals surface area (Å²) < 4.78 is 0. The molecule has 76 valence electrons. The number of rotatable bonds is 2. The van der Waals surface area contributed by atoms with Crippen LogP contribution in [0, 0.1) is 17.0 Å². The molecule has 0 aliphatic heterocycles. The van der Waals surface area contributed by atoms with Crippen LogP contribution in [0.1, 0.15) is 5.56 Å². The molecule has 15 heavy (non-hydrogen) atoms. The minimum Gasteiger partial charge on any atom is -0.367 e. The normalized spacial score (nSPS) is 10.2. The number of hydrogen-bond donors (Lipinski definition) is 1. The molecule has 0 aliphatic carbocycles. The summed E-state index contributed by atoms with van der Waals surface area (Å²) in [4.78, 5) is 13.2. The second-order valence-electron chi connectivity index (χ2n) is 3.36. The highest BCUT2D eigenvalue weighted by molar-refractivity contribution is 5.69. The molecule has 0 fully saturated rings. The summed E-state index contributed by atoms with van der Waals surface area (Å²) in [5.74, 6) is 0. The van der Waals surface area contributed by atoms with Gasteiger partial charge in [-0.2, -0.15) is 0 Å². The summed E-state index contributed by atoms with van der Waals surface area (Å²) in [5, 5.41) is 10.6. The van der Waals surface area contributed by atoms with Gasteiger partial charge in [0.15, 0.2) is 0 Å². The van der Waals surface area contributed by atoms with Crippen molar-refractivity contribution in [2.45, 2.75) is 6.92 Å². The molecular formula is C11H10N2O2. The highest BCUT2D eigenvalue weighted by atomic mass is 16.6. The van der Waals surface area contributed by atoms with Crippen LogP contribution in [0.15, 0.2) is 36.7 Å². The maximum Gasteiger partial charge on any atom is 0.270 e. The quantitative estimate of drug-likeness (QED) is 0.601. The largest absolute Gasteiger partial charge is 0.367 e. The van der Waals surface area contributed by atoms with Crippen molar-refractivity contribution in [1.29, 1.82) is 0 Å². The zero-order valence-electron chi connectivity index (χ0n) is 8.23. The number of H-pyrrole nitrogens is 1. The third-order valence-corrected chi connectivity index (χ3v) is 2.34. The van der Waals surface area contributed by atoms with E-state index in [4.69, 9.17) is 0 Å². The number of nitrogens with zero attached hydrogens (tertiary/aromatic N) is 1. The summed E-state index contributed by atoms with van der Waals surface area (Å²) in [5.41, 5.74) is 3.01. The third-order valence-electron chi connectivity index (χ3n) is 2.34. The van der Waals surface area contributed by atoms with Gasteiger partial charge in [0, 0.05) is 24.5 Å². The number of hydrogen-bond acceptors (Lipinski definition) is 2. The molecule has 0 spiro atoms. The van der Waals surface area contributed by atoms with Crippen LogP contribution in [0.2, 0.25) is 0 Å². The lowest BCUT2D eigenvalue weighted by Crippen LogP contribution is -1.89. The van der Waals surface area contributed by atoms with Gasteiger partial charge in [-0.1, -0.05) is 6.07 Å². The van der Waals surface area contributed by atoms with E-state index >= 15 is 0 Å². The molecule has 1 aromatic carbocycles. The van der Waals surface area contributed by atoms with E-state index in [-0.39, 0.29) is 10.6 Å². The average molecular weight is 202 g/mol. The zero-order valence-corrected chi connectivity index (χ0v) is 8.23. The summed E-state index contributed by atoms with van der Waals surface area (Å²) in [6.45, 7) is 1.94. The lowest BCUT2D eigenvalue weighted by molar-refractivity contribution is -0.384. The van der Waals surface area contributed by atoms with Crippen molar-refractivity contribution in [2.75, 3.05) is 0 Å². The van der Waals surface area contributed by atoms with Crippen molar-refractivity contribution in [3.63, 3.8) is 0 Å². The number of aryl methyl sites for hydroxylation is 1. The number of non-ortho nitro benzene ring substituents is 1. The highest BCUT2D eigenvalue weighted by Crippen LogP contribution is 2.26. The fraction of sp³-hybridized carbons (Fsp3) is 0.0909. The molecule has 4 heteroatoms. The zero-order chi connectivity index (χ0) is 10.8. The van der Waals surface area contributed by atoms with Gasteiger partial charge in [0.05, 0.1) is 4.92 Å². The van der Waals surface area contributed by atoms with Crippen LogP contribution >= 0.6 is 0 Å². The van der Waals surface area contributed by atoms with Crippen LogP contribution in [0.25, 0.3) is 11.1 Å². The summed E-state index contributed by atoms with van der Waals surface area (Å²) in [6.07, 6.45) is 3.62. The van der Waals surface area contributed by atoms with Gasteiger partial charge in [-0.05, 0) is 29.7 Å². The molecule has 4 nitrogen and oxygen atoms in total. The van der Waals surface area contributed by atoms with Gasteiger partial charge in [0.25, 0.3) is 5.69 Å². The first-order chi connectivity index (χ1) is 7.18. The van der Waals surface area contributed by atoms with E-state index < -0.39 is 0 Å². The Morgan fingerprint density at radius 1 is 1.33 bits per heavy atom. The van der Waals surface area contributed by atoms with Gasteiger partial charge in [-0.25, -0.2) is 0 Å². The number of nitro groups is 1. The molecular weight excluding hydrogens is 192 g/mol. The van der Waals surface area contributed by atoms with Gasteiger partial charge >= 0.3 is 0 Å². The van der Waals surface area contributed by atoms with Crippen molar-refractivity contribution in [3.8, 4) is 11.1 Å². The van der Waals surface area contributed by atoms with Crippen LogP contribution in [0.4, 0.5) is 5.69 Å². The van der Waals surface area contributed by atoms with E-state index in [2.05, 4.69) is 4.98 Å². The van der Waals surface area contributed by atoms with Crippen LogP contribution in [0.5, 0.6) is 0 Å². The Hall–Kier alpha value is -2.10. The van der Waals surface area contributed by atoms with E-state index in [1.165, 1.54) is 6.07 Å². The Bertz CT molecular complexity index is 489. The van der Waals surface area contributed by atoms with Crippen LogP contribution in [-0.4, -0.2) is 9.91 Å². The number of nitrogens with one attached hydrogen (secondary N) is 1. The van der Waals surface area contributed by atoms with Gasteiger partial charge in [0.1, 0.15) is 0 Å². The molecule has 1 aromatic heterocycles. The standard InChI is InChI=1S/C11H10N2O2/c1-8-2-3-10(13(14)15)6-11(8)9-4-5-12-7-9/h2-7,12H,1H3. The minimum absolute atomic E-state index is 0.122. The average Bonchev–Trinajstić information content (AvgIpc) is 2.71. The predicted molar refractivity (Wildman–Crippen MR) is 57.6 cm³/mol. The molecule has 2 rings (SSSR count). The fourth-order valence-electron chi connectivity index (χ4n) is 1.53. The molecule has 0 amide bonds. The number of aromatic amines is 1. The second-order valence-corrected chi connectivity index (χ2v) is 3.36. The lowest BCUT2D eigenvalue weighted by Gasteiger charge is -2.02. The van der Waals surface area contributed by atoms with Crippen molar-refractivity contribution < 1.29 is 4.92 Å². The van der Waals surface area contributed by atoms with Crippen LogP contribution in [0.3, 0.4) is 0 Å². The Labute approximate surface area is 86.7 Å². The van der Waals surface area contributed by atoms with E-state index in [0.29, 0.717) is 0 Å². The first-order valence-corrected chi connectivity index (χ1v) is 4.56. The van der Waals surface area contributed by atoms with Crippen LogP contribution < -0.4 is 0 Å². The number of nitro benzene ring substituents is 1. The van der Waals surface area contributed by atoms with Crippen molar-refractivity contribution >= 4 is 5.69 Å². The predicted octanol–water partition coefficient (Wildman–Crippen LogP) is 2.90. The second kappa shape index (κ2) is 3.57. The lowest BCUT2D eigenvalue weighted by atomic mass is 10.0. The molecule has 0 atom stereocenters. The molecule has 0 radical (unpaired) electrons. The molecule has 2 aromatic rings. The van der Waals surface area contributed by atoms with E-state index in [1.54, 1.807) is 18.3 Å². The first-order valence-electron chi connectivity index (χ1n) is 4.56. The molecule has 1 heterocycles. The first kappa shape index (κ1) is 9.45. The van der Waals surface area contributed by atoms with Crippen molar-refractivity contribution in [1.82, 2.24) is 4.98 Å². The monoisotopic (exact) mass is 202 g/mol.